The van der Waals surface area contributed by atoms with Gasteiger partial charge in [-0.3, -0.25) is 19.0 Å². The van der Waals surface area contributed by atoms with E-state index in [9.17, 15) is 4.79 Å². The molecule has 5 nitrogen and oxygen atoms in total. The quantitative estimate of drug-likeness (QED) is 0.565. The maximum atomic E-state index is 13.3. The van der Waals surface area contributed by atoms with Gasteiger partial charge in [-0.1, -0.05) is 12.1 Å². The first-order valence-electron chi connectivity index (χ1n) is 8.57. The minimum Gasteiger partial charge on any atom is -0.274 e. The lowest BCUT2D eigenvalue weighted by Gasteiger charge is -2.14. The Hall–Kier alpha value is -2.95. The van der Waals surface area contributed by atoms with Crippen LogP contribution in [0.3, 0.4) is 0 Å². The average molecular weight is 330 g/mol. The van der Waals surface area contributed by atoms with E-state index in [1.54, 1.807) is 15.4 Å². The molecule has 5 rings (SSSR count). The molecule has 0 saturated heterocycles. The van der Waals surface area contributed by atoms with Gasteiger partial charge in [0.1, 0.15) is 0 Å². The fourth-order valence-electron chi connectivity index (χ4n) is 3.64. The van der Waals surface area contributed by atoms with Crippen molar-refractivity contribution in [1.82, 2.24) is 19.3 Å². The van der Waals surface area contributed by atoms with E-state index < -0.39 is 0 Å². The van der Waals surface area contributed by atoms with Gasteiger partial charge in [0.05, 0.1) is 16.9 Å². The molecule has 0 radical (unpaired) electrons. The summed E-state index contributed by atoms with van der Waals surface area (Å²) < 4.78 is 3.49. The van der Waals surface area contributed by atoms with Crippen LogP contribution < -0.4 is 5.56 Å². The number of fused-ring (bicyclic) bond motifs is 3. The van der Waals surface area contributed by atoms with Crippen LogP contribution in [-0.4, -0.2) is 19.3 Å². The van der Waals surface area contributed by atoms with Crippen molar-refractivity contribution in [2.24, 2.45) is 7.05 Å². The number of aryl methyl sites for hydroxylation is 2. The predicted octanol–water partition coefficient (Wildman–Crippen LogP) is 3.46. The lowest BCUT2D eigenvalue weighted by atomic mass is 10.0. The molecule has 5 heteroatoms. The molecule has 1 aliphatic carbocycles. The summed E-state index contributed by atoms with van der Waals surface area (Å²) in [6.45, 7) is 1.93. The van der Waals surface area contributed by atoms with Gasteiger partial charge in [0, 0.05) is 30.2 Å². The summed E-state index contributed by atoms with van der Waals surface area (Å²) in [5, 5.41) is 6.37. The molecule has 4 aromatic rings. The fourth-order valence-corrected chi connectivity index (χ4v) is 3.64. The summed E-state index contributed by atoms with van der Waals surface area (Å²) >= 11 is 0. The van der Waals surface area contributed by atoms with E-state index in [1.807, 2.05) is 32.3 Å². The first-order valence-corrected chi connectivity index (χ1v) is 8.57. The van der Waals surface area contributed by atoms with E-state index in [1.165, 1.54) is 18.4 Å². The summed E-state index contributed by atoms with van der Waals surface area (Å²) in [5.74, 6) is 0.632. The van der Waals surface area contributed by atoms with Gasteiger partial charge in [0.2, 0.25) is 0 Å². The van der Waals surface area contributed by atoms with Gasteiger partial charge < -0.3 is 0 Å². The Bertz CT molecular complexity index is 1200. The Morgan fingerprint density at radius 3 is 2.76 bits per heavy atom. The van der Waals surface area contributed by atoms with E-state index in [0.717, 1.165) is 27.7 Å². The van der Waals surface area contributed by atoms with Gasteiger partial charge in [-0.2, -0.15) is 5.10 Å². The third-order valence-corrected chi connectivity index (χ3v) is 5.06. The third kappa shape index (κ3) is 2.12. The van der Waals surface area contributed by atoms with Crippen molar-refractivity contribution in [2.75, 3.05) is 0 Å². The number of benzene rings is 1. The maximum Gasteiger partial charge on any atom is 0.284 e. The van der Waals surface area contributed by atoms with Crippen molar-refractivity contribution in [3.8, 4) is 5.69 Å². The summed E-state index contributed by atoms with van der Waals surface area (Å²) in [5.41, 5.74) is 4.30. The van der Waals surface area contributed by atoms with Crippen LogP contribution in [0.25, 0.3) is 27.5 Å². The normalized spacial score (nSPS) is 14.5. The molecule has 25 heavy (non-hydrogen) atoms. The smallest absolute Gasteiger partial charge is 0.274 e. The zero-order valence-corrected chi connectivity index (χ0v) is 14.2. The van der Waals surface area contributed by atoms with Crippen molar-refractivity contribution in [3.05, 3.63) is 64.3 Å². The molecule has 3 aromatic heterocycles. The summed E-state index contributed by atoms with van der Waals surface area (Å²) in [6.07, 6.45) is 6.14. The van der Waals surface area contributed by atoms with Crippen molar-refractivity contribution in [2.45, 2.75) is 25.7 Å². The monoisotopic (exact) mass is 330 g/mol. The molecule has 0 atom stereocenters. The fraction of sp³-hybridized carbons (Fsp3) is 0.250. The lowest BCUT2D eigenvalue weighted by Crippen LogP contribution is -2.20. The van der Waals surface area contributed by atoms with Crippen molar-refractivity contribution >= 4 is 21.8 Å². The summed E-state index contributed by atoms with van der Waals surface area (Å²) in [4.78, 5) is 17.6. The second-order valence-corrected chi connectivity index (χ2v) is 6.86. The molecule has 1 fully saturated rings. The minimum absolute atomic E-state index is 0.0906. The van der Waals surface area contributed by atoms with Crippen molar-refractivity contribution in [1.29, 1.82) is 0 Å². The van der Waals surface area contributed by atoms with Crippen LogP contribution in [0.5, 0.6) is 0 Å². The minimum atomic E-state index is -0.0906. The van der Waals surface area contributed by atoms with Crippen LogP contribution in [0.4, 0.5) is 0 Å². The highest BCUT2D eigenvalue weighted by Gasteiger charge is 2.25. The maximum absolute atomic E-state index is 13.3. The molecule has 0 N–H and O–H groups in total. The second-order valence-electron chi connectivity index (χ2n) is 6.86. The van der Waals surface area contributed by atoms with E-state index >= 15 is 0 Å². The molecule has 1 saturated carbocycles. The number of pyridine rings is 2. The molecule has 3 heterocycles. The number of hydrogen-bond donors (Lipinski definition) is 0. The average Bonchev–Trinajstić information content (AvgIpc) is 3.38. The van der Waals surface area contributed by atoms with E-state index in [2.05, 4.69) is 28.3 Å². The van der Waals surface area contributed by atoms with Gasteiger partial charge >= 0.3 is 0 Å². The molecule has 0 spiro atoms. The van der Waals surface area contributed by atoms with Gasteiger partial charge in [0.15, 0.2) is 5.52 Å². The number of hydrogen-bond acceptors (Lipinski definition) is 3. The van der Waals surface area contributed by atoms with Gasteiger partial charge in [-0.15, -0.1) is 0 Å². The van der Waals surface area contributed by atoms with Gasteiger partial charge in [0.25, 0.3) is 5.56 Å². The Morgan fingerprint density at radius 2 is 2.00 bits per heavy atom. The SMILES string of the molecule is Cc1ncccc1-n1c(=O)c2nn(C)cc2c2ccc(C3CC3)cc21. The zero-order chi connectivity index (χ0) is 17.1. The number of aromatic nitrogens is 4. The largest absolute Gasteiger partial charge is 0.284 e. The predicted molar refractivity (Wildman–Crippen MR) is 98.3 cm³/mol. The van der Waals surface area contributed by atoms with E-state index in [0.29, 0.717) is 11.4 Å². The van der Waals surface area contributed by atoms with Crippen LogP contribution in [-0.2, 0) is 7.05 Å². The highest BCUT2D eigenvalue weighted by Crippen LogP contribution is 2.41. The Labute approximate surface area is 144 Å². The zero-order valence-electron chi connectivity index (χ0n) is 14.2. The number of nitrogens with zero attached hydrogens (tertiary/aromatic N) is 4. The van der Waals surface area contributed by atoms with Crippen molar-refractivity contribution < 1.29 is 0 Å². The van der Waals surface area contributed by atoms with Crippen LogP contribution in [0.1, 0.15) is 30.0 Å². The second kappa shape index (κ2) is 5.02. The molecule has 0 amide bonds. The molecule has 1 aromatic carbocycles. The van der Waals surface area contributed by atoms with E-state index in [4.69, 9.17) is 0 Å². The van der Waals surface area contributed by atoms with Crippen LogP contribution in [0, 0.1) is 6.92 Å². The molecule has 124 valence electrons. The van der Waals surface area contributed by atoms with Crippen LogP contribution in [0.2, 0.25) is 0 Å². The lowest BCUT2D eigenvalue weighted by molar-refractivity contribution is 0.777. The van der Waals surface area contributed by atoms with Gasteiger partial charge in [-0.05, 0) is 49.4 Å². The van der Waals surface area contributed by atoms with Crippen LogP contribution in [0.15, 0.2) is 47.5 Å². The first kappa shape index (κ1) is 14.4. The Balaban J connectivity index is 1.98. The molecular weight excluding hydrogens is 312 g/mol. The Kier molecular flexibility index (Phi) is 2.89. The topological polar surface area (TPSA) is 52.7 Å². The highest BCUT2D eigenvalue weighted by atomic mass is 16.1. The first-order chi connectivity index (χ1) is 12.1. The molecule has 1 aliphatic rings. The Morgan fingerprint density at radius 1 is 1.16 bits per heavy atom. The molecule has 0 unspecified atom stereocenters. The third-order valence-electron chi connectivity index (χ3n) is 5.06. The molecular formula is C20H18N4O. The summed E-state index contributed by atoms with van der Waals surface area (Å²) in [7, 11) is 1.85. The highest BCUT2D eigenvalue weighted by molar-refractivity contribution is 6.04. The molecule has 0 bridgehead atoms. The standard InChI is InChI=1S/C20H18N4O/c1-12-17(4-3-9-21-12)24-18-10-14(13-5-6-13)7-8-15(18)16-11-23(2)22-19(16)20(24)25/h3-4,7-11,13H,5-6H2,1-2H3. The van der Waals surface area contributed by atoms with Gasteiger partial charge in [-0.25, -0.2) is 0 Å². The van der Waals surface area contributed by atoms with Crippen molar-refractivity contribution in [3.63, 3.8) is 0 Å². The molecule has 0 aliphatic heterocycles. The van der Waals surface area contributed by atoms with E-state index in [-0.39, 0.29) is 5.56 Å². The van der Waals surface area contributed by atoms with Crippen LogP contribution >= 0.6 is 0 Å². The number of rotatable bonds is 2. The summed E-state index contributed by atoms with van der Waals surface area (Å²) in [6, 6.07) is 10.3.